The summed E-state index contributed by atoms with van der Waals surface area (Å²) in [6.45, 7) is 4.08. The fourth-order valence-corrected chi connectivity index (χ4v) is 3.67. The van der Waals surface area contributed by atoms with E-state index in [4.69, 9.17) is 0 Å². The van der Waals surface area contributed by atoms with Gasteiger partial charge < -0.3 is 10.2 Å². The van der Waals surface area contributed by atoms with Gasteiger partial charge in [-0.15, -0.1) is 0 Å². The number of hydrogen-bond donors (Lipinski definition) is 1. The van der Waals surface area contributed by atoms with Crippen molar-refractivity contribution in [1.29, 1.82) is 0 Å². The number of piperidine rings is 1. The Kier molecular flexibility index (Phi) is 5.01. The van der Waals surface area contributed by atoms with E-state index in [0.29, 0.717) is 6.42 Å². The first-order valence-corrected chi connectivity index (χ1v) is 9.55. The molecule has 5 nitrogen and oxygen atoms in total. The molecule has 1 amide bonds. The quantitative estimate of drug-likeness (QED) is 0.761. The van der Waals surface area contributed by atoms with E-state index in [9.17, 15) is 4.79 Å². The molecule has 2 heterocycles. The van der Waals surface area contributed by atoms with Gasteiger partial charge in [0, 0.05) is 24.2 Å². The minimum atomic E-state index is -0.0139. The Morgan fingerprint density at radius 2 is 1.89 bits per heavy atom. The van der Waals surface area contributed by atoms with Gasteiger partial charge in [0.2, 0.25) is 5.91 Å². The van der Waals surface area contributed by atoms with E-state index >= 15 is 0 Å². The van der Waals surface area contributed by atoms with Crippen LogP contribution >= 0.6 is 0 Å². The number of carbonyl (C=O) groups excluding carboxylic acids is 1. The van der Waals surface area contributed by atoms with Crippen LogP contribution in [-0.2, 0) is 11.2 Å². The Morgan fingerprint density at radius 3 is 2.70 bits per heavy atom. The van der Waals surface area contributed by atoms with Gasteiger partial charge >= 0.3 is 0 Å². The van der Waals surface area contributed by atoms with Gasteiger partial charge in [0.15, 0.2) is 0 Å². The Hall–Kier alpha value is -2.95. The maximum atomic E-state index is 12.5. The van der Waals surface area contributed by atoms with Gasteiger partial charge in [-0.3, -0.25) is 4.79 Å². The number of carbonyl (C=O) groups is 1. The average molecular weight is 360 g/mol. The lowest BCUT2D eigenvalue weighted by Crippen LogP contribution is -2.30. The monoisotopic (exact) mass is 360 g/mol. The van der Waals surface area contributed by atoms with Crippen molar-refractivity contribution in [3.8, 4) is 0 Å². The SMILES string of the molecule is Cc1ccccc1CC(=O)Nc1ccc2ncnc(N3CCCCC3)c2c1. The number of aromatic nitrogens is 2. The molecule has 1 fully saturated rings. The molecule has 1 aliphatic rings. The van der Waals surface area contributed by atoms with Gasteiger partial charge in [0.1, 0.15) is 12.1 Å². The van der Waals surface area contributed by atoms with Crippen molar-refractivity contribution in [2.75, 3.05) is 23.3 Å². The molecule has 27 heavy (non-hydrogen) atoms. The second-order valence-corrected chi connectivity index (χ2v) is 7.13. The van der Waals surface area contributed by atoms with Crippen LogP contribution in [0.3, 0.4) is 0 Å². The maximum absolute atomic E-state index is 12.5. The molecular formula is C22H24N4O. The summed E-state index contributed by atoms with van der Waals surface area (Å²) in [4.78, 5) is 23.7. The molecule has 4 rings (SSSR count). The van der Waals surface area contributed by atoms with Crippen LogP contribution in [0.5, 0.6) is 0 Å². The second kappa shape index (κ2) is 7.74. The first kappa shape index (κ1) is 17.5. The average Bonchev–Trinajstić information content (AvgIpc) is 2.70. The first-order valence-electron chi connectivity index (χ1n) is 9.55. The zero-order valence-corrected chi connectivity index (χ0v) is 15.6. The van der Waals surface area contributed by atoms with E-state index in [1.807, 2.05) is 49.4 Å². The number of benzene rings is 2. The third-order valence-electron chi connectivity index (χ3n) is 5.17. The number of aryl methyl sites for hydroxylation is 1. The molecule has 1 aliphatic heterocycles. The molecule has 5 heteroatoms. The number of hydrogen-bond acceptors (Lipinski definition) is 4. The van der Waals surface area contributed by atoms with Crippen molar-refractivity contribution >= 4 is 28.3 Å². The molecule has 2 aromatic carbocycles. The summed E-state index contributed by atoms with van der Waals surface area (Å²) in [6, 6.07) is 13.8. The molecule has 1 N–H and O–H groups in total. The maximum Gasteiger partial charge on any atom is 0.228 e. The second-order valence-electron chi connectivity index (χ2n) is 7.13. The summed E-state index contributed by atoms with van der Waals surface area (Å²) < 4.78 is 0. The number of anilines is 2. The van der Waals surface area contributed by atoms with E-state index in [-0.39, 0.29) is 5.91 Å². The summed E-state index contributed by atoms with van der Waals surface area (Å²) in [6.07, 6.45) is 5.66. The van der Waals surface area contributed by atoms with Crippen LogP contribution in [0.15, 0.2) is 48.8 Å². The summed E-state index contributed by atoms with van der Waals surface area (Å²) in [7, 11) is 0. The lowest BCUT2D eigenvalue weighted by atomic mass is 10.1. The first-order chi connectivity index (χ1) is 13.2. The van der Waals surface area contributed by atoms with Crippen molar-refractivity contribution in [2.24, 2.45) is 0 Å². The van der Waals surface area contributed by atoms with E-state index < -0.39 is 0 Å². The van der Waals surface area contributed by atoms with Gasteiger partial charge in [-0.25, -0.2) is 9.97 Å². The van der Waals surface area contributed by atoms with E-state index in [2.05, 4.69) is 20.2 Å². The normalized spacial score (nSPS) is 14.3. The highest BCUT2D eigenvalue weighted by atomic mass is 16.1. The zero-order valence-electron chi connectivity index (χ0n) is 15.6. The highest BCUT2D eigenvalue weighted by Gasteiger charge is 2.16. The smallest absolute Gasteiger partial charge is 0.228 e. The Labute approximate surface area is 159 Å². The fraction of sp³-hybridized carbons (Fsp3) is 0.318. The Bertz CT molecular complexity index is 963. The molecular weight excluding hydrogens is 336 g/mol. The van der Waals surface area contributed by atoms with Crippen LogP contribution in [-0.4, -0.2) is 29.0 Å². The van der Waals surface area contributed by atoms with Crippen LogP contribution in [0, 0.1) is 6.92 Å². The van der Waals surface area contributed by atoms with E-state index in [1.54, 1.807) is 6.33 Å². The summed E-state index contributed by atoms with van der Waals surface area (Å²) in [5.74, 6) is 0.953. The lowest BCUT2D eigenvalue weighted by molar-refractivity contribution is -0.115. The number of nitrogens with zero attached hydrogens (tertiary/aromatic N) is 3. The van der Waals surface area contributed by atoms with Crippen LogP contribution < -0.4 is 10.2 Å². The highest BCUT2D eigenvalue weighted by Crippen LogP contribution is 2.28. The van der Waals surface area contributed by atoms with E-state index in [1.165, 1.54) is 19.3 Å². The molecule has 138 valence electrons. The topological polar surface area (TPSA) is 58.1 Å². The Morgan fingerprint density at radius 1 is 1.07 bits per heavy atom. The standard InChI is InChI=1S/C22H24N4O/c1-16-7-3-4-8-17(16)13-21(27)25-18-9-10-20-19(14-18)22(24-15-23-20)26-11-5-2-6-12-26/h3-4,7-10,14-15H,2,5-6,11-13H2,1H3,(H,25,27). The highest BCUT2D eigenvalue weighted by molar-refractivity contribution is 5.97. The minimum absolute atomic E-state index is 0.0139. The van der Waals surface area contributed by atoms with Crippen molar-refractivity contribution < 1.29 is 4.79 Å². The van der Waals surface area contributed by atoms with Gasteiger partial charge in [-0.2, -0.15) is 0 Å². The molecule has 0 unspecified atom stereocenters. The molecule has 0 aliphatic carbocycles. The Balaban J connectivity index is 1.57. The third kappa shape index (κ3) is 3.92. The molecule has 1 saturated heterocycles. The van der Waals surface area contributed by atoms with Crippen molar-refractivity contribution in [1.82, 2.24) is 9.97 Å². The number of rotatable bonds is 4. The molecule has 0 saturated carbocycles. The number of fused-ring (bicyclic) bond motifs is 1. The molecule has 0 spiro atoms. The van der Waals surface area contributed by atoms with Gasteiger partial charge in [-0.05, 0) is 55.5 Å². The molecule has 3 aromatic rings. The van der Waals surface area contributed by atoms with Gasteiger partial charge in [0.05, 0.1) is 11.9 Å². The van der Waals surface area contributed by atoms with Crippen LogP contribution in [0.25, 0.3) is 10.9 Å². The summed E-state index contributed by atoms with van der Waals surface area (Å²) in [5, 5.41) is 4.02. The summed E-state index contributed by atoms with van der Waals surface area (Å²) in [5.41, 5.74) is 3.87. The summed E-state index contributed by atoms with van der Waals surface area (Å²) >= 11 is 0. The largest absolute Gasteiger partial charge is 0.356 e. The molecule has 0 bridgehead atoms. The number of amides is 1. The third-order valence-corrected chi connectivity index (χ3v) is 5.17. The van der Waals surface area contributed by atoms with Crippen LogP contribution in [0.1, 0.15) is 30.4 Å². The van der Waals surface area contributed by atoms with Crippen LogP contribution in [0.2, 0.25) is 0 Å². The van der Waals surface area contributed by atoms with Crippen molar-refractivity contribution in [3.05, 3.63) is 59.9 Å². The van der Waals surface area contributed by atoms with Gasteiger partial charge in [0.25, 0.3) is 0 Å². The molecule has 0 radical (unpaired) electrons. The predicted molar refractivity (Wildman–Crippen MR) is 109 cm³/mol. The predicted octanol–water partition coefficient (Wildman–Crippen LogP) is 4.11. The molecule has 0 atom stereocenters. The zero-order chi connectivity index (χ0) is 18.6. The minimum Gasteiger partial charge on any atom is -0.356 e. The van der Waals surface area contributed by atoms with Crippen molar-refractivity contribution in [2.45, 2.75) is 32.6 Å². The lowest BCUT2D eigenvalue weighted by Gasteiger charge is -2.28. The van der Waals surface area contributed by atoms with Gasteiger partial charge in [-0.1, -0.05) is 24.3 Å². The number of nitrogens with one attached hydrogen (secondary N) is 1. The van der Waals surface area contributed by atoms with Crippen LogP contribution in [0.4, 0.5) is 11.5 Å². The molecule has 1 aromatic heterocycles. The fourth-order valence-electron chi connectivity index (χ4n) is 3.67. The van der Waals surface area contributed by atoms with E-state index in [0.717, 1.165) is 46.6 Å². The van der Waals surface area contributed by atoms with Crippen molar-refractivity contribution in [3.63, 3.8) is 0 Å².